The lowest BCUT2D eigenvalue weighted by molar-refractivity contribution is 0.0139. The van der Waals surface area contributed by atoms with Gasteiger partial charge in [0.15, 0.2) is 5.58 Å². The van der Waals surface area contributed by atoms with E-state index in [0.29, 0.717) is 28.2 Å². The van der Waals surface area contributed by atoms with Gasteiger partial charge in [0.25, 0.3) is 0 Å². The molecule has 0 spiro atoms. The summed E-state index contributed by atoms with van der Waals surface area (Å²) in [7, 11) is 0. The zero-order valence-corrected chi connectivity index (χ0v) is 16.5. The van der Waals surface area contributed by atoms with Crippen LogP contribution in [-0.2, 0) is 6.42 Å². The van der Waals surface area contributed by atoms with Crippen LogP contribution < -0.4 is 15.1 Å². The summed E-state index contributed by atoms with van der Waals surface area (Å²) in [4.78, 5) is 12.2. The van der Waals surface area contributed by atoms with Gasteiger partial charge in [-0.1, -0.05) is 20.3 Å². The summed E-state index contributed by atoms with van der Waals surface area (Å²) >= 11 is 0. The number of aryl methyl sites for hydroxylation is 1. The highest BCUT2D eigenvalue weighted by molar-refractivity contribution is 5.98. The number of aliphatic hydroxyl groups is 1. The molecule has 2 aromatic rings. The highest BCUT2D eigenvalue weighted by atomic mass is 16.5. The minimum absolute atomic E-state index is 0.0815. The van der Waals surface area contributed by atoms with E-state index in [2.05, 4.69) is 6.92 Å². The predicted molar refractivity (Wildman–Crippen MR) is 104 cm³/mol. The highest BCUT2D eigenvalue weighted by Crippen LogP contribution is 2.52. The van der Waals surface area contributed by atoms with Gasteiger partial charge < -0.3 is 19.0 Å². The topological polar surface area (TPSA) is 68.9 Å². The van der Waals surface area contributed by atoms with Crippen LogP contribution in [-0.4, -0.2) is 16.8 Å². The normalized spacial score (nSPS) is 25.5. The SMILES string of the molecule is CCCc1cc(=O)oc2c3c(c4c(c12)O[C@@H](C)[C@@H](C)[C@H]4O)OC(C)(C)C=C3. The highest BCUT2D eigenvalue weighted by Gasteiger charge is 2.40. The molecule has 4 rings (SSSR count). The zero-order valence-electron chi connectivity index (χ0n) is 16.5. The van der Waals surface area contributed by atoms with Gasteiger partial charge in [-0.3, -0.25) is 0 Å². The van der Waals surface area contributed by atoms with E-state index >= 15 is 0 Å². The molecule has 1 aromatic heterocycles. The van der Waals surface area contributed by atoms with Crippen LogP contribution in [0.4, 0.5) is 0 Å². The largest absolute Gasteiger partial charge is 0.489 e. The first kappa shape index (κ1) is 18.1. The molecule has 1 N–H and O–H groups in total. The minimum Gasteiger partial charge on any atom is -0.489 e. The summed E-state index contributed by atoms with van der Waals surface area (Å²) in [5.41, 5.74) is 1.80. The second-order valence-corrected chi connectivity index (χ2v) is 8.20. The number of fused-ring (bicyclic) bond motifs is 6. The molecule has 3 atom stereocenters. The van der Waals surface area contributed by atoms with Gasteiger partial charge in [0, 0.05) is 12.0 Å². The number of benzene rings is 1. The second kappa shape index (κ2) is 6.13. The zero-order chi connectivity index (χ0) is 19.5. The standard InChI is InChI=1S/C22H26O5/c1-6-7-13-10-15(23)26-19-14-8-9-22(4,5)27-20(14)17-18(24)11(2)12(3)25-21(17)16(13)19/h8-12,18,24H,6-7H2,1-5H3/t11-,12+,18-/m1/s1. The third kappa shape index (κ3) is 2.76. The van der Waals surface area contributed by atoms with Crippen LogP contribution in [0, 0.1) is 5.92 Å². The lowest BCUT2D eigenvalue weighted by Crippen LogP contribution is -2.35. The molecule has 144 valence electrons. The molecular formula is C22H26O5. The van der Waals surface area contributed by atoms with Crippen molar-refractivity contribution in [2.24, 2.45) is 5.92 Å². The minimum atomic E-state index is -0.717. The lowest BCUT2D eigenvalue weighted by Gasteiger charge is -2.38. The van der Waals surface area contributed by atoms with Gasteiger partial charge in [0.05, 0.1) is 22.6 Å². The summed E-state index contributed by atoms with van der Waals surface area (Å²) in [6, 6.07) is 1.54. The molecule has 0 aliphatic carbocycles. The van der Waals surface area contributed by atoms with Crippen LogP contribution in [0.25, 0.3) is 17.0 Å². The fourth-order valence-corrected chi connectivity index (χ4v) is 3.98. The molecule has 0 amide bonds. The number of hydrogen-bond donors (Lipinski definition) is 1. The van der Waals surface area contributed by atoms with Crippen LogP contribution in [0.2, 0.25) is 0 Å². The third-order valence-electron chi connectivity index (χ3n) is 5.62. The molecule has 2 aliphatic rings. The van der Waals surface area contributed by atoms with Crippen LogP contribution >= 0.6 is 0 Å². The summed E-state index contributed by atoms with van der Waals surface area (Å²) in [6.07, 6.45) is 4.60. The maximum absolute atomic E-state index is 12.2. The van der Waals surface area contributed by atoms with E-state index in [0.717, 1.165) is 23.8 Å². The van der Waals surface area contributed by atoms with E-state index < -0.39 is 11.7 Å². The Kier molecular flexibility index (Phi) is 4.11. The molecule has 0 bridgehead atoms. The second-order valence-electron chi connectivity index (χ2n) is 8.20. The van der Waals surface area contributed by atoms with Gasteiger partial charge in [-0.2, -0.15) is 0 Å². The van der Waals surface area contributed by atoms with Crippen LogP contribution in [0.5, 0.6) is 11.5 Å². The van der Waals surface area contributed by atoms with Crippen molar-refractivity contribution in [1.82, 2.24) is 0 Å². The average molecular weight is 370 g/mol. The molecule has 5 heteroatoms. The Labute approximate surface area is 158 Å². The Morgan fingerprint density at radius 2 is 1.96 bits per heavy atom. The molecule has 2 aliphatic heterocycles. The van der Waals surface area contributed by atoms with Crippen molar-refractivity contribution in [3.8, 4) is 11.5 Å². The Balaban J connectivity index is 2.16. The van der Waals surface area contributed by atoms with Crippen LogP contribution in [0.15, 0.2) is 21.4 Å². The van der Waals surface area contributed by atoms with Crippen molar-refractivity contribution in [2.75, 3.05) is 0 Å². The molecule has 27 heavy (non-hydrogen) atoms. The van der Waals surface area contributed by atoms with E-state index in [1.165, 1.54) is 6.07 Å². The van der Waals surface area contributed by atoms with Crippen molar-refractivity contribution in [2.45, 2.75) is 65.3 Å². The van der Waals surface area contributed by atoms with E-state index in [1.807, 2.05) is 39.8 Å². The Morgan fingerprint density at radius 1 is 1.22 bits per heavy atom. The molecule has 0 fully saturated rings. The summed E-state index contributed by atoms with van der Waals surface area (Å²) in [5.74, 6) is 1.05. The Bertz CT molecular complexity index is 998. The van der Waals surface area contributed by atoms with E-state index in [-0.39, 0.29) is 17.6 Å². The monoisotopic (exact) mass is 370 g/mol. The van der Waals surface area contributed by atoms with Gasteiger partial charge in [0.2, 0.25) is 0 Å². The first-order chi connectivity index (χ1) is 12.7. The quantitative estimate of drug-likeness (QED) is 0.795. The summed E-state index contributed by atoms with van der Waals surface area (Å²) in [5, 5.41) is 11.9. The van der Waals surface area contributed by atoms with Gasteiger partial charge in [-0.25, -0.2) is 4.79 Å². The van der Waals surface area contributed by atoms with Gasteiger partial charge in [-0.05, 0) is 44.9 Å². The van der Waals surface area contributed by atoms with Crippen LogP contribution in [0.1, 0.15) is 63.8 Å². The van der Waals surface area contributed by atoms with E-state index in [1.54, 1.807) is 0 Å². The Hall–Kier alpha value is -2.27. The van der Waals surface area contributed by atoms with Gasteiger partial charge >= 0.3 is 5.63 Å². The molecule has 0 saturated carbocycles. The number of aliphatic hydroxyl groups excluding tert-OH is 1. The lowest BCUT2D eigenvalue weighted by atomic mass is 9.84. The van der Waals surface area contributed by atoms with Gasteiger partial charge in [0.1, 0.15) is 23.2 Å². The molecule has 1 aromatic carbocycles. The summed E-state index contributed by atoms with van der Waals surface area (Å²) < 4.78 is 18.1. The molecule has 0 radical (unpaired) electrons. The fourth-order valence-electron chi connectivity index (χ4n) is 3.98. The smallest absolute Gasteiger partial charge is 0.336 e. The van der Waals surface area contributed by atoms with Crippen molar-refractivity contribution in [1.29, 1.82) is 0 Å². The van der Waals surface area contributed by atoms with Crippen molar-refractivity contribution >= 4 is 17.0 Å². The number of ether oxygens (including phenoxy) is 2. The molecular weight excluding hydrogens is 344 g/mol. The maximum Gasteiger partial charge on any atom is 0.336 e. The Morgan fingerprint density at radius 3 is 2.67 bits per heavy atom. The van der Waals surface area contributed by atoms with E-state index in [4.69, 9.17) is 13.9 Å². The fraction of sp³-hybridized carbons (Fsp3) is 0.500. The van der Waals surface area contributed by atoms with Crippen molar-refractivity contribution < 1.29 is 19.0 Å². The van der Waals surface area contributed by atoms with Crippen LogP contribution in [0.3, 0.4) is 0 Å². The van der Waals surface area contributed by atoms with Crippen molar-refractivity contribution in [3.05, 3.63) is 39.3 Å². The average Bonchev–Trinajstić information content (AvgIpc) is 2.58. The van der Waals surface area contributed by atoms with Gasteiger partial charge in [-0.15, -0.1) is 0 Å². The third-order valence-corrected chi connectivity index (χ3v) is 5.62. The molecule has 0 saturated heterocycles. The predicted octanol–water partition coefficient (Wildman–Crippen LogP) is 4.38. The van der Waals surface area contributed by atoms with Crippen molar-refractivity contribution in [3.63, 3.8) is 0 Å². The first-order valence-corrected chi connectivity index (χ1v) is 9.63. The number of rotatable bonds is 2. The first-order valence-electron chi connectivity index (χ1n) is 9.63. The molecule has 3 heterocycles. The number of hydrogen-bond acceptors (Lipinski definition) is 5. The van der Waals surface area contributed by atoms with E-state index in [9.17, 15) is 9.90 Å². The summed E-state index contributed by atoms with van der Waals surface area (Å²) in [6.45, 7) is 9.89. The maximum atomic E-state index is 12.2. The molecule has 5 nitrogen and oxygen atoms in total. The molecule has 0 unspecified atom stereocenters.